The third kappa shape index (κ3) is 4.77. The molecule has 0 bridgehead atoms. The van der Waals surface area contributed by atoms with E-state index in [2.05, 4.69) is 30.6 Å². The molecule has 32 heavy (non-hydrogen) atoms. The molecule has 1 aliphatic rings. The van der Waals surface area contributed by atoms with Gasteiger partial charge in [0.1, 0.15) is 28.2 Å². The van der Waals surface area contributed by atoms with Crippen LogP contribution in [-0.4, -0.2) is 26.7 Å². The molecule has 0 fully saturated rings. The second kappa shape index (κ2) is 8.53. The zero-order chi connectivity index (χ0) is 23.0. The molecule has 0 aromatic carbocycles. The van der Waals surface area contributed by atoms with E-state index in [9.17, 15) is 18.0 Å². The first kappa shape index (κ1) is 22.3. The third-order valence-electron chi connectivity index (χ3n) is 4.30. The Kier molecular flexibility index (Phi) is 5.93. The van der Waals surface area contributed by atoms with Crippen molar-refractivity contribution < 1.29 is 18.0 Å². The summed E-state index contributed by atoms with van der Waals surface area (Å²) >= 11 is 17.8. The van der Waals surface area contributed by atoms with Gasteiger partial charge >= 0.3 is 6.18 Å². The number of alkyl halides is 3. The fourth-order valence-corrected chi connectivity index (χ4v) is 3.54. The van der Waals surface area contributed by atoms with Crippen molar-refractivity contribution in [1.29, 1.82) is 0 Å². The standard InChI is InChI=1S/C19H10Cl3F3N6O/c20-10-5-26-6-11(21)17(10)30-15-2-8-1-12(27-7-13(8)28-15)18(32)31-16-4-9(19(23,24)25)3-14(22)29-16/h1,3-7H,2H2,(H,26,28,30)(H,29,31,32). The Morgan fingerprint density at radius 1 is 1.09 bits per heavy atom. The summed E-state index contributed by atoms with van der Waals surface area (Å²) in [6.45, 7) is 0. The van der Waals surface area contributed by atoms with Crippen LogP contribution in [0, 0.1) is 0 Å². The van der Waals surface area contributed by atoms with Crippen molar-refractivity contribution in [1.82, 2.24) is 15.0 Å². The molecule has 4 rings (SSSR count). The maximum Gasteiger partial charge on any atom is 0.416 e. The van der Waals surface area contributed by atoms with Crippen LogP contribution in [0.25, 0.3) is 0 Å². The van der Waals surface area contributed by atoms with Gasteiger partial charge in [-0.25, -0.2) is 15.0 Å². The Morgan fingerprint density at radius 3 is 2.50 bits per heavy atom. The maximum absolute atomic E-state index is 13.0. The first-order valence-corrected chi connectivity index (χ1v) is 9.92. The molecule has 0 atom stereocenters. The van der Waals surface area contributed by atoms with Gasteiger partial charge in [-0.2, -0.15) is 13.2 Å². The number of anilines is 2. The molecule has 0 unspecified atom stereocenters. The molecule has 2 N–H and O–H groups in total. The number of amides is 1. The highest BCUT2D eigenvalue weighted by molar-refractivity contribution is 6.38. The molecule has 0 saturated carbocycles. The minimum absolute atomic E-state index is 0.0258. The summed E-state index contributed by atoms with van der Waals surface area (Å²) in [5, 5.41) is 5.46. The number of carbonyl (C=O) groups excluding carboxylic acids is 1. The van der Waals surface area contributed by atoms with E-state index in [1.165, 1.54) is 24.7 Å². The fraction of sp³-hybridized carbons (Fsp3) is 0.105. The number of amidine groups is 1. The number of aromatic nitrogens is 3. The lowest BCUT2D eigenvalue weighted by Crippen LogP contribution is -2.16. The molecular formula is C19H10Cl3F3N6O. The fourth-order valence-electron chi connectivity index (χ4n) is 2.88. The minimum atomic E-state index is -4.64. The molecule has 0 spiro atoms. The molecule has 1 amide bonds. The Labute approximate surface area is 193 Å². The number of nitrogens with zero attached hydrogens (tertiary/aromatic N) is 4. The lowest BCUT2D eigenvalue weighted by molar-refractivity contribution is -0.137. The van der Waals surface area contributed by atoms with Gasteiger partial charge in [0.2, 0.25) is 0 Å². The summed E-state index contributed by atoms with van der Waals surface area (Å²) in [7, 11) is 0. The van der Waals surface area contributed by atoms with Gasteiger partial charge in [0, 0.05) is 18.8 Å². The normalized spacial score (nSPS) is 14.2. The van der Waals surface area contributed by atoms with Crippen LogP contribution in [0.5, 0.6) is 0 Å². The van der Waals surface area contributed by atoms with E-state index >= 15 is 0 Å². The predicted molar refractivity (Wildman–Crippen MR) is 115 cm³/mol. The summed E-state index contributed by atoms with van der Waals surface area (Å²) in [6.07, 6.45) is -0.0876. The van der Waals surface area contributed by atoms with Crippen LogP contribution in [0.2, 0.25) is 15.2 Å². The molecule has 0 radical (unpaired) electrons. The number of rotatable bonds is 3. The van der Waals surface area contributed by atoms with Crippen LogP contribution < -0.4 is 10.6 Å². The van der Waals surface area contributed by atoms with Crippen molar-refractivity contribution in [3.8, 4) is 0 Å². The molecule has 3 aromatic heterocycles. The average Bonchev–Trinajstić information content (AvgIpc) is 3.11. The topological polar surface area (TPSA) is 92.2 Å². The number of fused-ring (bicyclic) bond motifs is 1. The first-order chi connectivity index (χ1) is 15.1. The van der Waals surface area contributed by atoms with Gasteiger partial charge in [0.15, 0.2) is 0 Å². The Morgan fingerprint density at radius 2 is 1.81 bits per heavy atom. The quantitative estimate of drug-likeness (QED) is 0.443. The zero-order valence-electron chi connectivity index (χ0n) is 15.6. The molecule has 1 aliphatic heterocycles. The molecule has 4 heterocycles. The molecule has 7 nitrogen and oxygen atoms in total. The molecule has 0 aliphatic carbocycles. The Balaban J connectivity index is 1.54. The van der Waals surface area contributed by atoms with Crippen LogP contribution in [0.4, 0.5) is 30.4 Å². The minimum Gasteiger partial charge on any atom is -0.342 e. The van der Waals surface area contributed by atoms with E-state index in [-0.39, 0.29) is 21.6 Å². The number of nitrogens with one attached hydrogen (secondary N) is 2. The van der Waals surface area contributed by atoms with Crippen LogP contribution in [0.1, 0.15) is 21.6 Å². The Bertz CT molecular complexity index is 1250. The molecule has 13 heteroatoms. The van der Waals surface area contributed by atoms with Crippen LogP contribution in [-0.2, 0) is 12.6 Å². The van der Waals surface area contributed by atoms with Gasteiger partial charge in [-0.1, -0.05) is 34.8 Å². The molecule has 164 valence electrons. The summed E-state index contributed by atoms with van der Waals surface area (Å²) in [5.74, 6) is -0.582. The van der Waals surface area contributed by atoms with Gasteiger partial charge in [0.05, 0.1) is 27.5 Å². The Hall–Kier alpha value is -2.95. The number of halogens is 6. The van der Waals surface area contributed by atoms with Gasteiger partial charge in [-0.15, -0.1) is 0 Å². The summed E-state index contributed by atoms with van der Waals surface area (Å²) in [6, 6.07) is 2.84. The van der Waals surface area contributed by atoms with Gasteiger partial charge in [-0.05, 0) is 23.8 Å². The molecule has 0 saturated heterocycles. The van der Waals surface area contributed by atoms with Crippen molar-refractivity contribution in [2.75, 3.05) is 10.6 Å². The monoisotopic (exact) mass is 500 g/mol. The molecule has 3 aromatic rings. The lowest BCUT2D eigenvalue weighted by Gasteiger charge is -2.10. The highest BCUT2D eigenvalue weighted by Gasteiger charge is 2.32. The van der Waals surface area contributed by atoms with Crippen LogP contribution in [0.15, 0.2) is 41.8 Å². The number of pyridine rings is 3. The van der Waals surface area contributed by atoms with Crippen molar-refractivity contribution in [3.05, 3.63) is 68.8 Å². The highest BCUT2D eigenvalue weighted by Crippen LogP contribution is 2.34. The van der Waals surface area contributed by atoms with E-state index in [4.69, 9.17) is 34.8 Å². The van der Waals surface area contributed by atoms with Crippen molar-refractivity contribution in [2.24, 2.45) is 4.99 Å². The average molecular weight is 502 g/mol. The van der Waals surface area contributed by atoms with E-state index in [1.807, 2.05) is 0 Å². The van der Waals surface area contributed by atoms with Crippen LogP contribution in [0.3, 0.4) is 0 Å². The van der Waals surface area contributed by atoms with Crippen LogP contribution >= 0.6 is 34.8 Å². The smallest absolute Gasteiger partial charge is 0.342 e. The number of carbonyl (C=O) groups is 1. The maximum atomic E-state index is 13.0. The molecular weight excluding hydrogens is 492 g/mol. The third-order valence-corrected chi connectivity index (χ3v) is 5.04. The summed E-state index contributed by atoms with van der Waals surface area (Å²) in [4.78, 5) is 28.5. The van der Waals surface area contributed by atoms with E-state index < -0.39 is 22.8 Å². The number of hydrogen-bond acceptors (Lipinski definition) is 5. The van der Waals surface area contributed by atoms with Crippen molar-refractivity contribution >= 4 is 63.7 Å². The second-order valence-electron chi connectivity index (χ2n) is 6.55. The number of aliphatic imine (C=N–C) groups is 1. The van der Waals surface area contributed by atoms with Gasteiger partial charge in [-0.3, -0.25) is 9.78 Å². The van der Waals surface area contributed by atoms with Gasteiger partial charge < -0.3 is 10.6 Å². The van der Waals surface area contributed by atoms with Crippen molar-refractivity contribution in [2.45, 2.75) is 12.6 Å². The SMILES string of the molecule is O=C(Nc1cc(C(F)(F)F)cc(Cl)n1)c1cc2c(cn1)NC(=Nc1c(Cl)cncc1Cl)C2. The van der Waals surface area contributed by atoms with E-state index in [0.717, 1.165) is 0 Å². The van der Waals surface area contributed by atoms with Crippen molar-refractivity contribution in [3.63, 3.8) is 0 Å². The zero-order valence-corrected chi connectivity index (χ0v) is 17.9. The highest BCUT2D eigenvalue weighted by atomic mass is 35.5. The van der Waals surface area contributed by atoms with E-state index in [1.54, 1.807) is 0 Å². The summed E-state index contributed by atoms with van der Waals surface area (Å²) < 4.78 is 38.9. The summed E-state index contributed by atoms with van der Waals surface area (Å²) in [5.41, 5.74) is 0.592. The van der Waals surface area contributed by atoms with E-state index in [0.29, 0.717) is 41.3 Å². The lowest BCUT2D eigenvalue weighted by atomic mass is 10.1. The predicted octanol–water partition coefficient (Wildman–Crippen LogP) is 5.80. The second-order valence-corrected chi connectivity index (χ2v) is 7.76. The number of hydrogen-bond donors (Lipinski definition) is 2. The van der Waals surface area contributed by atoms with Gasteiger partial charge in [0.25, 0.3) is 5.91 Å². The first-order valence-electron chi connectivity index (χ1n) is 8.79. The largest absolute Gasteiger partial charge is 0.416 e.